The van der Waals surface area contributed by atoms with Gasteiger partial charge in [-0.15, -0.1) is 0 Å². The molecular formula is C15H24N8. The molecule has 0 radical (unpaired) electrons. The highest BCUT2D eigenvalue weighted by Crippen LogP contribution is 2.46. The summed E-state index contributed by atoms with van der Waals surface area (Å²) in [5.41, 5.74) is 12.8. The Morgan fingerprint density at radius 2 is 1.91 bits per heavy atom. The summed E-state index contributed by atoms with van der Waals surface area (Å²) in [5, 5.41) is 9.62. The van der Waals surface area contributed by atoms with Gasteiger partial charge in [-0.3, -0.25) is 0 Å². The van der Waals surface area contributed by atoms with Crippen LogP contribution in [-0.4, -0.2) is 29.0 Å². The first kappa shape index (κ1) is 14.5. The summed E-state index contributed by atoms with van der Waals surface area (Å²) < 4.78 is 0. The summed E-state index contributed by atoms with van der Waals surface area (Å²) in [4.78, 5) is 13.5. The van der Waals surface area contributed by atoms with Gasteiger partial charge in [0.1, 0.15) is 17.0 Å². The molecule has 3 aliphatic rings. The maximum atomic E-state index is 6.43. The van der Waals surface area contributed by atoms with Crippen LogP contribution in [0.5, 0.6) is 0 Å². The Labute approximate surface area is 135 Å². The van der Waals surface area contributed by atoms with E-state index in [9.17, 15) is 0 Å². The molecule has 1 unspecified atom stereocenters. The van der Waals surface area contributed by atoms with Crippen LogP contribution >= 0.6 is 0 Å². The van der Waals surface area contributed by atoms with E-state index in [-0.39, 0.29) is 5.95 Å². The lowest BCUT2D eigenvalue weighted by Crippen LogP contribution is -2.57. The van der Waals surface area contributed by atoms with Crippen molar-refractivity contribution in [2.75, 3.05) is 23.4 Å². The molecule has 0 amide bonds. The number of aromatic nitrogens is 2. The van der Waals surface area contributed by atoms with E-state index in [1.807, 2.05) is 6.92 Å². The first-order chi connectivity index (χ1) is 11.0. The number of anilines is 3. The quantitative estimate of drug-likeness (QED) is 0.556. The molecule has 1 atom stereocenters. The Balaban J connectivity index is 1.71. The van der Waals surface area contributed by atoms with Gasteiger partial charge in [0.25, 0.3) is 0 Å². The van der Waals surface area contributed by atoms with Gasteiger partial charge in [-0.05, 0) is 44.4 Å². The van der Waals surface area contributed by atoms with E-state index in [1.165, 1.54) is 25.7 Å². The normalized spacial score (nSPS) is 28.3. The zero-order valence-electron chi connectivity index (χ0n) is 13.6. The van der Waals surface area contributed by atoms with E-state index in [1.54, 1.807) is 7.05 Å². The standard InChI is InChI=1S/C15H24N8/c1-15(17)11-10(12(18-2)22-13(16)21-11)20-14(23-15)19-9(7-3-4-7)8-5-6-8/h7-9H,3-6,17H2,1-2H3,(H2,19,20,23)(H3,16,18,21,22). The molecule has 23 heavy (non-hydrogen) atoms. The molecule has 124 valence electrons. The van der Waals surface area contributed by atoms with E-state index < -0.39 is 5.66 Å². The van der Waals surface area contributed by atoms with Gasteiger partial charge < -0.3 is 27.4 Å². The number of nitrogen functional groups attached to an aromatic ring is 1. The van der Waals surface area contributed by atoms with E-state index in [0.717, 1.165) is 17.5 Å². The van der Waals surface area contributed by atoms with Gasteiger partial charge in [0, 0.05) is 7.05 Å². The van der Waals surface area contributed by atoms with Crippen molar-refractivity contribution < 1.29 is 0 Å². The van der Waals surface area contributed by atoms with Gasteiger partial charge in [0.05, 0.1) is 6.04 Å². The predicted octanol–water partition coefficient (Wildman–Crippen LogP) is 0.792. The maximum absolute atomic E-state index is 6.43. The number of nitrogens with two attached hydrogens (primary N) is 2. The molecule has 0 saturated heterocycles. The zero-order chi connectivity index (χ0) is 16.2. The third kappa shape index (κ3) is 2.67. The van der Waals surface area contributed by atoms with Crippen molar-refractivity contribution in [1.82, 2.24) is 15.3 Å². The monoisotopic (exact) mass is 316 g/mol. The average molecular weight is 316 g/mol. The molecule has 1 aromatic rings. The van der Waals surface area contributed by atoms with E-state index >= 15 is 0 Å². The summed E-state index contributed by atoms with van der Waals surface area (Å²) in [6, 6.07) is 0.398. The molecule has 0 spiro atoms. The fourth-order valence-corrected chi connectivity index (χ4v) is 3.29. The van der Waals surface area contributed by atoms with Crippen molar-refractivity contribution >= 4 is 23.4 Å². The number of guanidine groups is 1. The van der Waals surface area contributed by atoms with Crippen molar-refractivity contribution in [3.63, 3.8) is 0 Å². The minimum Gasteiger partial charge on any atom is -0.371 e. The largest absolute Gasteiger partial charge is 0.371 e. The molecule has 0 aromatic carbocycles. The van der Waals surface area contributed by atoms with Crippen LogP contribution in [0.25, 0.3) is 0 Å². The van der Waals surface area contributed by atoms with Crippen LogP contribution in [0.2, 0.25) is 0 Å². The second-order valence-corrected chi connectivity index (χ2v) is 7.00. The highest BCUT2D eigenvalue weighted by molar-refractivity contribution is 6.00. The van der Waals surface area contributed by atoms with Crippen LogP contribution in [0.4, 0.5) is 17.5 Å². The highest BCUT2D eigenvalue weighted by Gasteiger charge is 2.43. The van der Waals surface area contributed by atoms with Crippen molar-refractivity contribution in [2.45, 2.75) is 44.3 Å². The van der Waals surface area contributed by atoms with Crippen molar-refractivity contribution in [3.05, 3.63) is 5.69 Å². The van der Waals surface area contributed by atoms with Gasteiger partial charge in [-0.1, -0.05) is 0 Å². The molecule has 2 fully saturated rings. The van der Waals surface area contributed by atoms with Gasteiger partial charge in [0.2, 0.25) is 5.95 Å². The lowest BCUT2D eigenvalue weighted by Gasteiger charge is -2.35. The number of hydrogen-bond donors (Lipinski definition) is 5. The maximum Gasteiger partial charge on any atom is 0.222 e. The van der Waals surface area contributed by atoms with Crippen LogP contribution in [0, 0.1) is 11.8 Å². The Morgan fingerprint density at radius 1 is 1.26 bits per heavy atom. The molecule has 2 heterocycles. The molecule has 8 nitrogen and oxygen atoms in total. The van der Waals surface area contributed by atoms with Crippen molar-refractivity contribution in [2.24, 2.45) is 22.6 Å². The van der Waals surface area contributed by atoms with Gasteiger partial charge in [0.15, 0.2) is 11.8 Å². The molecule has 2 saturated carbocycles. The van der Waals surface area contributed by atoms with Crippen LogP contribution in [-0.2, 0) is 5.66 Å². The SMILES string of the molecule is CNc1nc(N)nc2c1NC(=NC(C1CC1)C1CC1)NC2(C)N. The Bertz CT molecular complexity index is 648. The Kier molecular flexibility index (Phi) is 3.12. The number of aliphatic imine (C=N–C) groups is 1. The lowest BCUT2D eigenvalue weighted by molar-refractivity contribution is 0.431. The summed E-state index contributed by atoms with van der Waals surface area (Å²) in [6.07, 6.45) is 5.15. The first-order valence-electron chi connectivity index (χ1n) is 8.25. The molecule has 0 bridgehead atoms. The average Bonchev–Trinajstić information content (AvgIpc) is 3.37. The van der Waals surface area contributed by atoms with Crippen LogP contribution < -0.4 is 27.4 Å². The summed E-state index contributed by atoms with van der Waals surface area (Å²) in [6.45, 7) is 1.87. The molecular weight excluding hydrogens is 292 g/mol. The molecule has 4 rings (SSSR count). The molecule has 1 aliphatic heterocycles. The van der Waals surface area contributed by atoms with Crippen LogP contribution in [0.3, 0.4) is 0 Å². The molecule has 7 N–H and O–H groups in total. The summed E-state index contributed by atoms with van der Waals surface area (Å²) >= 11 is 0. The number of nitrogens with zero attached hydrogens (tertiary/aromatic N) is 3. The smallest absolute Gasteiger partial charge is 0.222 e. The molecule has 1 aromatic heterocycles. The predicted molar refractivity (Wildman–Crippen MR) is 91.0 cm³/mol. The van der Waals surface area contributed by atoms with E-state index in [2.05, 4.69) is 25.9 Å². The third-order valence-electron chi connectivity index (χ3n) is 4.76. The lowest BCUT2D eigenvalue weighted by atomic mass is 10.0. The number of hydrogen-bond acceptors (Lipinski definition) is 6. The van der Waals surface area contributed by atoms with Crippen LogP contribution in [0.1, 0.15) is 38.3 Å². The van der Waals surface area contributed by atoms with Gasteiger partial charge in [-0.2, -0.15) is 4.98 Å². The Morgan fingerprint density at radius 3 is 2.48 bits per heavy atom. The fraction of sp³-hybridized carbons (Fsp3) is 0.667. The number of rotatable bonds is 4. The van der Waals surface area contributed by atoms with Gasteiger partial charge >= 0.3 is 0 Å². The fourth-order valence-electron chi connectivity index (χ4n) is 3.29. The first-order valence-corrected chi connectivity index (χ1v) is 8.25. The van der Waals surface area contributed by atoms with Gasteiger partial charge in [-0.25, -0.2) is 9.98 Å². The second kappa shape index (κ2) is 4.95. The molecule has 8 heteroatoms. The minimum atomic E-state index is -0.847. The van der Waals surface area contributed by atoms with E-state index in [0.29, 0.717) is 23.5 Å². The molecule has 2 aliphatic carbocycles. The van der Waals surface area contributed by atoms with Crippen molar-refractivity contribution in [3.8, 4) is 0 Å². The van der Waals surface area contributed by atoms with Crippen molar-refractivity contribution in [1.29, 1.82) is 0 Å². The summed E-state index contributed by atoms with van der Waals surface area (Å²) in [7, 11) is 1.80. The summed E-state index contributed by atoms with van der Waals surface area (Å²) in [5.74, 6) is 3.00. The topological polar surface area (TPSA) is 126 Å². The number of nitrogens with one attached hydrogen (secondary N) is 3. The van der Waals surface area contributed by atoms with Crippen LogP contribution in [0.15, 0.2) is 4.99 Å². The second-order valence-electron chi connectivity index (χ2n) is 7.00. The highest BCUT2D eigenvalue weighted by atomic mass is 15.3. The van der Waals surface area contributed by atoms with E-state index in [4.69, 9.17) is 16.5 Å². The number of fused-ring (bicyclic) bond motifs is 1. The zero-order valence-corrected chi connectivity index (χ0v) is 13.6. The third-order valence-corrected chi connectivity index (χ3v) is 4.76. The Hall–Kier alpha value is -2.09. The minimum absolute atomic E-state index is 0.197.